The van der Waals surface area contributed by atoms with Crippen LogP contribution in [0, 0.1) is 18.6 Å². The number of anilines is 3. The Kier molecular flexibility index (Phi) is 6.50. The molecule has 168 valence electrons. The van der Waals surface area contributed by atoms with Crippen LogP contribution in [0.3, 0.4) is 0 Å². The van der Waals surface area contributed by atoms with Crippen molar-refractivity contribution in [1.82, 2.24) is 9.55 Å². The standard InChI is InChI=1S/C24H26F2N4O2/c1-3-18-15-30(14-17-11-19(25)13-20(26)12-17)24(28-23(18)31)27-22-5-4-21(10-16(22)2)29-6-8-32-9-7-29/h4-5,10-13,15H,3,6-9,14H2,1-2H3,(H,27,28,31). The van der Waals surface area contributed by atoms with Crippen LogP contribution in [0.5, 0.6) is 0 Å². The number of nitrogens with one attached hydrogen (secondary N) is 1. The first-order valence-electron chi connectivity index (χ1n) is 10.7. The Morgan fingerprint density at radius 3 is 2.47 bits per heavy atom. The average Bonchev–Trinajstić information content (AvgIpc) is 2.76. The topological polar surface area (TPSA) is 59.4 Å². The molecule has 8 heteroatoms. The highest BCUT2D eigenvalue weighted by Gasteiger charge is 2.14. The Labute approximate surface area is 185 Å². The molecule has 1 aliphatic heterocycles. The Hall–Kier alpha value is -3.26. The second-order valence-corrected chi connectivity index (χ2v) is 7.88. The van der Waals surface area contributed by atoms with Crippen LogP contribution >= 0.6 is 0 Å². The minimum Gasteiger partial charge on any atom is -0.378 e. The molecule has 0 spiro atoms. The van der Waals surface area contributed by atoms with Crippen LogP contribution < -0.4 is 15.8 Å². The van der Waals surface area contributed by atoms with Gasteiger partial charge in [0.2, 0.25) is 5.95 Å². The van der Waals surface area contributed by atoms with Gasteiger partial charge in [0.25, 0.3) is 5.56 Å². The normalized spacial score (nSPS) is 13.9. The maximum absolute atomic E-state index is 13.7. The van der Waals surface area contributed by atoms with E-state index < -0.39 is 11.6 Å². The van der Waals surface area contributed by atoms with Gasteiger partial charge in [-0.2, -0.15) is 4.98 Å². The number of benzene rings is 2. The van der Waals surface area contributed by atoms with Crippen molar-refractivity contribution in [2.75, 3.05) is 36.5 Å². The molecule has 0 aliphatic carbocycles. The first-order valence-corrected chi connectivity index (χ1v) is 10.7. The Morgan fingerprint density at radius 1 is 1.09 bits per heavy atom. The van der Waals surface area contributed by atoms with Gasteiger partial charge < -0.3 is 19.5 Å². The maximum atomic E-state index is 13.7. The Morgan fingerprint density at radius 2 is 1.81 bits per heavy atom. The lowest BCUT2D eigenvalue weighted by atomic mass is 10.1. The third-order valence-corrected chi connectivity index (χ3v) is 5.55. The highest BCUT2D eigenvalue weighted by Crippen LogP contribution is 2.26. The molecule has 0 atom stereocenters. The van der Waals surface area contributed by atoms with Gasteiger partial charge in [-0.05, 0) is 54.8 Å². The van der Waals surface area contributed by atoms with Gasteiger partial charge in [-0.15, -0.1) is 0 Å². The van der Waals surface area contributed by atoms with Crippen LogP contribution in [0.15, 0.2) is 47.4 Å². The summed E-state index contributed by atoms with van der Waals surface area (Å²) in [5.41, 5.74) is 3.56. The molecule has 4 rings (SSSR count). The molecule has 2 heterocycles. The summed E-state index contributed by atoms with van der Waals surface area (Å²) < 4.78 is 34.5. The van der Waals surface area contributed by atoms with Crippen molar-refractivity contribution < 1.29 is 13.5 Å². The Bertz CT molecular complexity index is 1150. The molecule has 1 fully saturated rings. The van der Waals surface area contributed by atoms with E-state index in [4.69, 9.17) is 4.74 Å². The van der Waals surface area contributed by atoms with Crippen molar-refractivity contribution in [3.8, 4) is 0 Å². The molecule has 0 radical (unpaired) electrons. The van der Waals surface area contributed by atoms with E-state index in [2.05, 4.69) is 21.3 Å². The molecule has 1 aliphatic rings. The molecule has 1 aromatic heterocycles. The first-order chi connectivity index (χ1) is 15.4. The first kappa shape index (κ1) is 22.0. The summed E-state index contributed by atoms with van der Waals surface area (Å²) in [4.78, 5) is 18.9. The van der Waals surface area contributed by atoms with E-state index in [0.717, 1.165) is 36.1 Å². The molecule has 32 heavy (non-hydrogen) atoms. The van der Waals surface area contributed by atoms with E-state index in [0.29, 0.717) is 36.7 Å². The molecule has 3 aromatic rings. The molecule has 1 saturated heterocycles. The molecule has 0 bridgehead atoms. The van der Waals surface area contributed by atoms with Gasteiger partial charge in [-0.25, -0.2) is 8.78 Å². The summed E-state index contributed by atoms with van der Waals surface area (Å²) in [5.74, 6) is -0.971. The largest absolute Gasteiger partial charge is 0.378 e. The number of rotatable bonds is 6. The van der Waals surface area contributed by atoms with Crippen molar-refractivity contribution in [2.24, 2.45) is 0 Å². The number of hydrogen-bond acceptors (Lipinski definition) is 5. The van der Waals surface area contributed by atoms with Crippen molar-refractivity contribution in [1.29, 1.82) is 0 Å². The summed E-state index contributed by atoms with van der Waals surface area (Å²) >= 11 is 0. The van der Waals surface area contributed by atoms with Crippen LogP contribution in [-0.4, -0.2) is 35.9 Å². The van der Waals surface area contributed by atoms with Crippen LogP contribution in [-0.2, 0) is 17.7 Å². The second kappa shape index (κ2) is 9.48. The predicted octanol–water partition coefficient (Wildman–Crippen LogP) is 4.02. The number of aromatic nitrogens is 2. The number of halogens is 2. The van der Waals surface area contributed by atoms with E-state index >= 15 is 0 Å². The fourth-order valence-corrected chi connectivity index (χ4v) is 3.83. The fraction of sp³-hybridized carbons (Fsp3) is 0.333. The molecule has 1 N–H and O–H groups in total. The van der Waals surface area contributed by atoms with Crippen LogP contribution in [0.1, 0.15) is 23.6 Å². The Balaban J connectivity index is 1.65. The summed E-state index contributed by atoms with van der Waals surface area (Å²) in [7, 11) is 0. The van der Waals surface area contributed by atoms with Crippen LogP contribution in [0.25, 0.3) is 0 Å². The van der Waals surface area contributed by atoms with E-state index in [9.17, 15) is 13.6 Å². The van der Waals surface area contributed by atoms with Gasteiger partial charge in [0, 0.05) is 42.3 Å². The monoisotopic (exact) mass is 440 g/mol. The van der Waals surface area contributed by atoms with E-state index in [1.807, 2.05) is 26.0 Å². The minimum atomic E-state index is -0.645. The van der Waals surface area contributed by atoms with E-state index in [-0.39, 0.29) is 12.1 Å². The van der Waals surface area contributed by atoms with Crippen LogP contribution in [0.4, 0.5) is 26.1 Å². The molecule has 2 aromatic carbocycles. The third-order valence-electron chi connectivity index (χ3n) is 5.55. The lowest BCUT2D eigenvalue weighted by Crippen LogP contribution is -2.36. The smallest absolute Gasteiger partial charge is 0.277 e. The lowest BCUT2D eigenvalue weighted by Gasteiger charge is -2.29. The quantitative estimate of drug-likeness (QED) is 0.628. The summed E-state index contributed by atoms with van der Waals surface area (Å²) in [6.07, 6.45) is 2.20. The van der Waals surface area contributed by atoms with Crippen molar-refractivity contribution >= 4 is 17.3 Å². The predicted molar refractivity (Wildman–Crippen MR) is 121 cm³/mol. The number of morpholine rings is 1. The van der Waals surface area contributed by atoms with Gasteiger partial charge in [0.1, 0.15) is 11.6 Å². The van der Waals surface area contributed by atoms with E-state index in [1.54, 1.807) is 10.8 Å². The number of aryl methyl sites for hydroxylation is 2. The number of hydrogen-bond donors (Lipinski definition) is 1. The summed E-state index contributed by atoms with van der Waals surface area (Å²) in [6, 6.07) is 9.44. The minimum absolute atomic E-state index is 0.169. The van der Waals surface area contributed by atoms with Crippen molar-refractivity contribution in [2.45, 2.75) is 26.8 Å². The highest BCUT2D eigenvalue weighted by atomic mass is 19.1. The zero-order valence-electron chi connectivity index (χ0n) is 18.2. The van der Waals surface area contributed by atoms with Gasteiger partial charge in [0.05, 0.1) is 19.8 Å². The van der Waals surface area contributed by atoms with Gasteiger partial charge in [-0.1, -0.05) is 6.92 Å². The van der Waals surface area contributed by atoms with Gasteiger partial charge in [-0.3, -0.25) is 4.79 Å². The highest BCUT2D eigenvalue weighted by molar-refractivity contribution is 5.64. The molecular weight excluding hydrogens is 414 g/mol. The average molecular weight is 440 g/mol. The van der Waals surface area contributed by atoms with Gasteiger partial charge in [0.15, 0.2) is 0 Å². The zero-order valence-corrected chi connectivity index (χ0v) is 18.2. The SMILES string of the molecule is CCc1cn(Cc2cc(F)cc(F)c2)c(Nc2ccc(N3CCOCC3)cc2C)nc1=O. The second-order valence-electron chi connectivity index (χ2n) is 7.88. The summed E-state index contributed by atoms with van der Waals surface area (Å²) in [5, 5.41) is 3.23. The molecule has 0 saturated carbocycles. The van der Waals surface area contributed by atoms with E-state index in [1.165, 1.54) is 12.1 Å². The summed E-state index contributed by atoms with van der Waals surface area (Å²) in [6.45, 7) is 7.12. The third kappa shape index (κ3) is 4.96. The zero-order chi connectivity index (χ0) is 22.7. The molecule has 0 amide bonds. The lowest BCUT2D eigenvalue weighted by molar-refractivity contribution is 0.122. The van der Waals surface area contributed by atoms with Crippen molar-refractivity contribution in [3.05, 3.63) is 81.3 Å². The van der Waals surface area contributed by atoms with Gasteiger partial charge >= 0.3 is 0 Å². The fourth-order valence-electron chi connectivity index (χ4n) is 3.83. The molecule has 0 unspecified atom stereocenters. The molecular formula is C24H26F2N4O2. The number of ether oxygens (including phenoxy) is 1. The molecule has 6 nitrogen and oxygen atoms in total. The van der Waals surface area contributed by atoms with Crippen molar-refractivity contribution in [3.63, 3.8) is 0 Å². The van der Waals surface area contributed by atoms with Crippen LogP contribution in [0.2, 0.25) is 0 Å². The maximum Gasteiger partial charge on any atom is 0.277 e. The number of nitrogens with zero attached hydrogens (tertiary/aromatic N) is 3.